The van der Waals surface area contributed by atoms with Crippen LogP contribution in [0.1, 0.15) is 6.42 Å². The first kappa shape index (κ1) is 11.6. The van der Waals surface area contributed by atoms with E-state index in [4.69, 9.17) is 5.73 Å². The Hall–Kier alpha value is -1.89. The average molecular weight is 239 g/mol. The zero-order chi connectivity index (χ0) is 12.6. The molecular formula is C10H13N3O4. The minimum atomic E-state index is -0.906. The molecule has 2 rings (SSSR count). The van der Waals surface area contributed by atoms with Crippen molar-refractivity contribution in [1.29, 1.82) is 0 Å². The van der Waals surface area contributed by atoms with Gasteiger partial charge >= 0.3 is 5.97 Å². The summed E-state index contributed by atoms with van der Waals surface area (Å²) in [4.78, 5) is 35.1. The van der Waals surface area contributed by atoms with Gasteiger partial charge in [0.05, 0.1) is 26.1 Å². The molecule has 0 saturated carbocycles. The second-order valence-electron chi connectivity index (χ2n) is 3.87. The molecule has 0 aromatic heterocycles. The van der Waals surface area contributed by atoms with Gasteiger partial charge in [-0.05, 0) is 0 Å². The zero-order valence-electron chi connectivity index (χ0n) is 9.33. The molecule has 2 aliphatic rings. The highest BCUT2D eigenvalue weighted by Gasteiger charge is 2.44. The second kappa shape index (κ2) is 4.17. The van der Waals surface area contributed by atoms with Crippen LogP contribution in [0.3, 0.4) is 0 Å². The van der Waals surface area contributed by atoms with E-state index in [1.807, 2.05) is 0 Å². The van der Waals surface area contributed by atoms with Gasteiger partial charge in [-0.15, -0.1) is 0 Å². The lowest BCUT2D eigenvalue weighted by molar-refractivity contribution is -0.181. The third kappa shape index (κ3) is 1.78. The number of methoxy groups -OCH3 is 1. The summed E-state index contributed by atoms with van der Waals surface area (Å²) in [5, 5.41) is 2.32. The molecule has 7 nitrogen and oxygen atoms in total. The average Bonchev–Trinajstić information content (AvgIpc) is 2.34. The maximum Gasteiger partial charge on any atom is 0.334 e. The first-order valence-corrected chi connectivity index (χ1v) is 5.19. The van der Waals surface area contributed by atoms with Crippen molar-refractivity contribution in [2.75, 3.05) is 13.7 Å². The van der Waals surface area contributed by atoms with Crippen LogP contribution in [-0.4, -0.2) is 53.5 Å². The largest absolute Gasteiger partial charge is 0.467 e. The van der Waals surface area contributed by atoms with Gasteiger partial charge in [0.25, 0.3) is 5.91 Å². The molecule has 17 heavy (non-hydrogen) atoms. The first-order chi connectivity index (χ1) is 8.06. The summed E-state index contributed by atoms with van der Waals surface area (Å²) in [5.74, 6) is -1.30. The quantitative estimate of drug-likeness (QED) is 0.439. The van der Waals surface area contributed by atoms with E-state index < -0.39 is 24.0 Å². The molecule has 0 spiro atoms. The van der Waals surface area contributed by atoms with Gasteiger partial charge in [0.1, 0.15) is 0 Å². The van der Waals surface area contributed by atoms with Gasteiger partial charge in [0.15, 0.2) is 6.04 Å². The van der Waals surface area contributed by atoms with E-state index in [-0.39, 0.29) is 18.9 Å². The third-order valence-electron chi connectivity index (χ3n) is 2.79. The number of nitrogens with two attached hydrogens (primary N) is 1. The molecular weight excluding hydrogens is 226 g/mol. The standard InChI is InChI=1S/C10H13N3O4/c1-17-10(16)7-3-2-4-12-8(14)5-6(11)9(15)13(7)12/h2-3,6-7H,4-5,11H2,1H3. The van der Waals surface area contributed by atoms with Crippen LogP contribution in [-0.2, 0) is 19.1 Å². The van der Waals surface area contributed by atoms with E-state index in [1.54, 1.807) is 6.08 Å². The predicted octanol–water partition coefficient (Wildman–Crippen LogP) is -1.60. The van der Waals surface area contributed by atoms with Crippen molar-refractivity contribution in [2.24, 2.45) is 5.73 Å². The molecule has 1 fully saturated rings. The number of fused-ring (bicyclic) bond motifs is 1. The van der Waals surface area contributed by atoms with Gasteiger partial charge in [0, 0.05) is 0 Å². The summed E-state index contributed by atoms with van der Waals surface area (Å²) in [5.41, 5.74) is 5.56. The van der Waals surface area contributed by atoms with Gasteiger partial charge in [-0.25, -0.2) is 14.8 Å². The van der Waals surface area contributed by atoms with Gasteiger partial charge < -0.3 is 10.5 Å². The van der Waals surface area contributed by atoms with E-state index in [0.29, 0.717) is 0 Å². The Morgan fingerprint density at radius 3 is 2.88 bits per heavy atom. The molecule has 2 aliphatic heterocycles. The maximum atomic E-state index is 11.9. The summed E-state index contributed by atoms with van der Waals surface area (Å²) < 4.78 is 4.59. The molecule has 0 aromatic carbocycles. The van der Waals surface area contributed by atoms with Crippen molar-refractivity contribution < 1.29 is 19.1 Å². The van der Waals surface area contributed by atoms with E-state index in [2.05, 4.69) is 4.74 Å². The molecule has 1 saturated heterocycles. The van der Waals surface area contributed by atoms with Crippen LogP contribution < -0.4 is 5.73 Å². The molecule has 0 aromatic rings. The Bertz CT molecular complexity index is 406. The van der Waals surface area contributed by atoms with Crippen molar-refractivity contribution in [3.05, 3.63) is 12.2 Å². The van der Waals surface area contributed by atoms with Crippen molar-refractivity contribution in [1.82, 2.24) is 10.0 Å². The number of hydrogen-bond donors (Lipinski definition) is 1. The number of rotatable bonds is 1. The van der Waals surface area contributed by atoms with Crippen LogP contribution in [0.4, 0.5) is 0 Å². The van der Waals surface area contributed by atoms with E-state index in [1.165, 1.54) is 18.2 Å². The molecule has 92 valence electrons. The van der Waals surface area contributed by atoms with Crippen molar-refractivity contribution >= 4 is 17.8 Å². The van der Waals surface area contributed by atoms with E-state index >= 15 is 0 Å². The summed E-state index contributed by atoms with van der Waals surface area (Å²) >= 11 is 0. The Kier molecular flexibility index (Phi) is 2.84. The van der Waals surface area contributed by atoms with E-state index in [9.17, 15) is 14.4 Å². The summed E-state index contributed by atoms with van der Waals surface area (Å²) in [7, 11) is 1.23. The Labute approximate surface area is 97.8 Å². The van der Waals surface area contributed by atoms with Crippen LogP contribution in [0.5, 0.6) is 0 Å². The Morgan fingerprint density at radius 1 is 1.53 bits per heavy atom. The fraction of sp³-hybridized carbons (Fsp3) is 0.500. The molecule has 7 heteroatoms. The molecule has 2 atom stereocenters. The third-order valence-corrected chi connectivity index (χ3v) is 2.79. The number of amides is 2. The predicted molar refractivity (Wildman–Crippen MR) is 56.1 cm³/mol. The number of ether oxygens (including phenoxy) is 1. The van der Waals surface area contributed by atoms with Gasteiger partial charge in [-0.3, -0.25) is 9.59 Å². The topological polar surface area (TPSA) is 92.9 Å². The minimum Gasteiger partial charge on any atom is -0.467 e. The number of hydrazine groups is 1. The number of esters is 1. The molecule has 2 amide bonds. The fourth-order valence-corrected chi connectivity index (χ4v) is 1.94. The van der Waals surface area contributed by atoms with Crippen LogP contribution in [0.2, 0.25) is 0 Å². The zero-order valence-corrected chi connectivity index (χ0v) is 9.33. The monoisotopic (exact) mass is 239 g/mol. The highest BCUT2D eigenvalue weighted by atomic mass is 16.5. The van der Waals surface area contributed by atoms with Gasteiger partial charge in [-0.1, -0.05) is 12.2 Å². The smallest absolute Gasteiger partial charge is 0.334 e. The van der Waals surface area contributed by atoms with Gasteiger partial charge in [0.2, 0.25) is 5.91 Å². The maximum absolute atomic E-state index is 11.9. The van der Waals surface area contributed by atoms with Crippen LogP contribution in [0.25, 0.3) is 0 Å². The minimum absolute atomic E-state index is 0.0307. The number of nitrogens with zero attached hydrogens (tertiary/aromatic N) is 2. The normalized spacial score (nSPS) is 28.1. The van der Waals surface area contributed by atoms with Gasteiger partial charge in [-0.2, -0.15) is 0 Å². The number of hydrogen-bond acceptors (Lipinski definition) is 5. The van der Waals surface area contributed by atoms with Crippen LogP contribution in [0, 0.1) is 0 Å². The molecule has 0 aliphatic carbocycles. The molecule has 2 heterocycles. The second-order valence-corrected chi connectivity index (χ2v) is 3.87. The van der Waals surface area contributed by atoms with Crippen LogP contribution >= 0.6 is 0 Å². The SMILES string of the molecule is COC(=O)C1C=CCN2C(=O)CC(N)C(=O)N12. The summed E-state index contributed by atoms with van der Waals surface area (Å²) in [6.07, 6.45) is 3.16. The van der Waals surface area contributed by atoms with E-state index in [0.717, 1.165) is 5.01 Å². The number of carbonyl (C=O) groups excluding carboxylic acids is 3. The highest BCUT2D eigenvalue weighted by Crippen LogP contribution is 2.21. The number of carbonyl (C=O) groups is 3. The Morgan fingerprint density at radius 2 is 2.24 bits per heavy atom. The fourth-order valence-electron chi connectivity index (χ4n) is 1.94. The van der Waals surface area contributed by atoms with Crippen molar-refractivity contribution in [3.8, 4) is 0 Å². The lowest BCUT2D eigenvalue weighted by Crippen LogP contribution is -2.66. The van der Waals surface area contributed by atoms with Crippen molar-refractivity contribution in [3.63, 3.8) is 0 Å². The van der Waals surface area contributed by atoms with Crippen molar-refractivity contribution in [2.45, 2.75) is 18.5 Å². The highest BCUT2D eigenvalue weighted by molar-refractivity contribution is 5.96. The lowest BCUT2D eigenvalue weighted by Gasteiger charge is -2.44. The summed E-state index contributed by atoms with van der Waals surface area (Å²) in [6, 6.07) is -1.80. The summed E-state index contributed by atoms with van der Waals surface area (Å²) in [6.45, 7) is 0.269. The lowest BCUT2D eigenvalue weighted by atomic mass is 10.1. The van der Waals surface area contributed by atoms with Crippen LogP contribution in [0.15, 0.2) is 12.2 Å². The molecule has 2 N–H and O–H groups in total. The molecule has 0 radical (unpaired) electrons. The molecule has 2 unspecified atom stereocenters. The molecule has 0 bridgehead atoms. The Balaban J connectivity index is 2.34. The first-order valence-electron chi connectivity index (χ1n) is 5.19.